The Labute approximate surface area is 77.1 Å². The molecule has 0 spiro atoms. The van der Waals surface area contributed by atoms with Crippen LogP contribution in [0.4, 0.5) is 0 Å². The minimum Gasteiger partial charge on any atom is -0.0819 e. The van der Waals surface area contributed by atoms with E-state index >= 15 is 0 Å². The average Bonchev–Trinajstić information content (AvgIpc) is 2.09. The maximum absolute atomic E-state index is 2.51. The zero-order valence-electron chi connectivity index (χ0n) is 8.98. The van der Waals surface area contributed by atoms with Gasteiger partial charge in [0.05, 0.1) is 0 Å². The average molecular weight is 166 g/mol. The second-order valence-corrected chi connectivity index (χ2v) is 4.48. The Hall–Kier alpha value is -0.260. The molecule has 0 N–H and O–H groups in total. The van der Waals surface area contributed by atoms with E-state index in [0.29, 0.717) is 5.41 Å². The van der Waals surface area contributed by atoms with Gasteiger partial charge in [-0.15, -0.1) is 0 Å². The highest BCUT2D eigenvalue weighted by molar-refractivity contribution is 5.17. The van der Waals surface area contributed by atoms with Gasteiger partial charge < -0.3 is 0 Å². The van der Waals surface area contributed by atoms with Crippen molar-refractivity contribution in [1.29, 1.82) is 0 Å². The zero-order valence-corrected chi connectivity index (χ0v) is 8.98. The molecule has 1 aliphatic carbocycles. The van der Waals surface area contributed by atoms with Crippen molar-refractivity contribution < 1.29 is 0 Å². The van der Waals surface area contributed by atoms with Crippen LogP contribution in [0.25, 0.3) is 0 Å². The summed E-state index contributed by atoms with van der Waals surface area (Å²) in [4.78, 5) is 0. The molecule has 0 aromatic heterocycles. The van der Waals surface area contributed by atoms with Crippen molar-refractivity contribution in [2.45, 2.75) is 53.4 Å². The second-order valence-electron chi connectivity index (χ2n) is 4.48. The van der Waals surface area contributed by atoms with Crippen molar-refractivity contribution in [3.8, 4) is 0 Å². The molecule has 0 saturated heterocycles. The maximum Gasteiger partial charge on any atom is -0.0119 e. The molecule has 0 radical (unpaired) electrons. The number of rotatable bonds is 2. The van der Waals surface area contributed by atoms with E-state index in [1.807, 2.05) is 0 Å². The van der Waals surface area contributed by atoms with Gasteiger partial charge in [-0.1, -0.05) is 39.3 Å². The van der Waals surface area contributed by atoms with E-state index < -0.39 is 0 Å². The molecule has 0 heteroatoms. The molecule has 1 rings (SSSR count). The Morgan fingerprint density at radius 2 is 2.17 bits per heavy atom. The van der Waals surface area contributed by atoms with Crippen LogP contribution in [-0.4, -0.2) is 0 Å². The Kier molecular flexibility index (Phi) is 2.98. The Morgan fingerprint density at radius 3 is 2.67 bits per heavy atom. The summed E-state index contributed by atoms with van der Waals surface area (Å²) in [6.07, 6.45) is 7.83. The molecule has 0 nitrogen and oxygen atoms in total. The van der Waals surface area contributed by atoms with Crippen molar-refractivity contribution in [2.75, 3.05) is 0 Å². The first kappa shape index (κ1) is 9.83. The van der Waals surface area contributed by atoms with Crippen LogP contribution in [0, 0.1) is 11.3 Å². The van der Waals surface area contributed by atoms with Gasteiger partial charge in [-0.2, -0.15) is 0 Å². The summed E-state index contributed by atoms with van der Waals surface area (Å²) < 4.78 is 0. The quantitative estimate of drug-likeness (QED) is 0.540. The van der Waals surface area contributed by atoms with Gasteiger partial charge >= 0.3 is 0 Å². The van der Waals surface area contributed by atoms with Crippen LogP contribution < -0.4 is 0 Å². The van der Waals surface area contributed by atoms with Gasteiger partial charge in [0.1, 0.15) is 0 Å². The molecule has 0 saturated carbocycles. The third kappa shape index (κ3) is 1.73. The minimum atomic E-state index is 0.529. The smallest absolute Gasteiger partial charge is 0.0119 e. The first-order valence-electron chi connectivity index (χ1n) is 5.33. The van der Waals surface area contributed by atoms with E-state index in [2.05, 4.69) is 33.8 Å². The summed E-state index contributed by atoms with van der Waals surface area (Å²) in [5, 5.41) is 0. The Morgan fingerprint density at radius 1 is 1.50 bits per heavy atom. The third-order valence-electron chi connectivity index (χ3n) is 3.57. The molecule has 0 aliphatic heterocycles. The molecule has 0 aromatic carbocycles. The van der Waals surface area contributed by atoms with Crippen LogP contribution in [0.1, 0.15) is 53.4 Å². The Bertz CT molecular complexity index is 178. The predicted molar refractivity (Wildman–Crippen MR) is 55.2 cm³/mol. The summed E-state index contributed by atoms with van der Waals surface area (Å²) >= 11 is 0. The normalized spacial score (nSPS) is 36.3. The van der Waals surface area contributed by atoms with Gasteiger partial charge in [0.2, 0.25) is 0 Å². The van der Waals surface area contributed by atoms with Crippen molar-refractivity contribution >= 4 is 0 Å². The standard InChI is InChI=1S/C12H22/c1-5-11-9-10(3)7-8-12(11,4)6-2/h9-10H,5-8H2,1-4H3/t10?,12-/m0/s1. The molecule has 0 aromatic rings. The SMILES string of the molecule is CCC1=CC(C)CC[C@]1(C)CC. The van der Waals surface area contributed by atoms with E-state index in [9.17, 15) is 0 Å². The molecule has 2 atom stereocenters. The summed E-state index contributed by atoms with van der Waals surface area (Å²) in [6.45, 7) is 9.37. The highest BCUT2D eigenvalue weighted by Crippen LogP contribution is 2.42. The first-order chi connectivity index (χ1) is 5.62. The lowest BCUT2D eigenvalue weighted by Gasteiger charge is -2.36. The fourth-order valence-electron chi connectivity index (χ4n) is 2.28. The molecule has 12 heavy (non-hydrogen) atoms. The van der Waals surface area contributed by atoms with E-state index in [1.165, 1.54) is 25.7 Å². The fourth-order valence-corrected chi connectivity index (χ4v) is 2.28. The van der Waals surface area contributed by atoms with Gasteiger partial charge in [-0.05, 0) is 37.0 Å². The topological polar surface area (TPSA) is 0 Å². The fraction of sp³-hybridized carbons (Fsp3) is 0.833. The lowest BCUT2D eigenvalue weighted by Crippen LogP contribution is -2.23. The highest BCUT2D eigenvalue weighted by Gasteiger charge is 2.29. The van der Waals surface area contributed by atoms with Crippen LogP contribution in [0.15, 0.2) is 11.6 Å². The summed E-state index contributed by atoms with van der Waals surface area (Å²) in [6, 6.07) is 0. The number of allylic oxidation sites excluding steroid dienone is 2. The van der Waals surface area contributed by atoms with Crippen LogP contribution in [-0.2, 0) is 0 Å². The largest absolute Gasteiger partial charge is 0.0819 e. The van der Waals surface area contributed by atoms with Crippen LogP contribution in [0.2, 0.25) is 0 Å². The third-order valence-corrected chi connectivity index (χ3v) is 3.57. The van der Waals surface area contributed by atoms with E-state index in [1.54, 1.807) is 5.57 Å². The van der Waals surface area contributed by atoms with Crippen molar-refractivity contribution in [2.24, 2.45) is 11.3 Å². The monoisotopic (exact) mass is 166 g/mol. The van der Waals surface area contributed by atoms with Gasteiger partial charge in [-0.3, -0.25) is 0 Å². The molecule has 1 unspecified atom stereocenters. The van der Waals surface area contributed by atoms with E-state index in [0.717, 1.165) is 5.92 Å². The molecule has 1 aliphatic rings. The van der Waals surface area contributed by atoms with Gasteiger partial charge in [0.25, 0.3) is 0 Å². The maximum atomic E-state index is 2.51. The van der Waals surface area contributed by atoms with Crippen LogP contribution in [0.3, 0.4) is 0 Å². The first-order valence-corrected chi connectivity index (χ1v) is 5.33. The van der Waals surface area contributed by atoms with Gasteiger partial charge in [-0.25, -0.2) is 0 Å². The number of hydrogen-bond donors (Lipinski definition) is 0. The second kappa shape index (κ2) is 3.64. The molecule has 0 fully saturated rings. The molecule has 70 valence electrons. The van der Waals surface area contributed by atoms with Gasteiger partial charge in [0.15, 0.2) is 0 Å². The Balaban J connectivity index is 2.83. The van der Waals surface area contributed by atoms with Crippen LogP contribution in [0.5, 0.6) is 0 Å². The predicted octanol–water partition coefficient (Wildman–Crippen LogP) is 4.17. The van der Waals surface area contributed by atoms with Crippen molar-refractivity contribution in [3.05, 3.63) is 11.6 Å². The van der Waals surface area contributed by atoms with Crippen LogP contribution >= 0.6 is 0 Å². The minimum absolute atomic E-state index is 0.529. The van der Waals surface area contributed by atoms with Gasteiger partial charge in [0, 0.05) is 0 Å². The summed E-state index contributed by atoms with van der Waals surface area (Å²) in [5.41, 5.74) is 2.23. The summed E-state index contributed by atoms with van der Waals surface area (Å²) in [7, 11) is 0. The molecule has 0 heterocycles. The lowest BCUT2D eigenvalue weighted by atomic mass is 9.69. The van der Waals surface area contributed by atoms with E-state index in [-0.39, 0.29) is 0 Å². The summed E-state index contributed by atoms with van der Waals surface area (Å²) in [5.74, 6) is 0.819. The molecule has 0 bridgehead atoms. The van der Waals surface area contributed by atoms with Crippen molar-refractivity contribution in [1.82, 2.24) is 0 Å². The molecule has 0 amide bonds. The molecular weight excluding hydrogens is 144 g/mol. The lowest BCUT2D eigenvalue weighted by molar-refractivity contribution is 0.293. The highest BCUT2D eigenvalue weighted by atomic mass is 14.3. The van der Waals surface area contributed by atoms with Crippen molar-refractivity contribution in [3.63, 3.8) is 0 Å². The number of hydrogen-bond acceptors (Lipinski definition) is 0. The zero-order chi connectivity index (χ0) is 9.19. The van der Waals surface area contributed by atoms with E-state index in [4.69, 9.17) is 0 Å². The molecular formula is C12H22.